The molecule has 2 N–H and O–H groups in total. The van der Waals surface area contributed by atoms with Crippen LogP contribution in [0.2, 0.25) is 0 Å². The van der Waals surface area contributed by atoms with E-state index in [0.29, 0.717) is 18.6 Å². The second-order valence-electron chi connectivity index (χ2n) is 8.37. The molecule has 1 atom stereocenters. The molecule has 2 heterocycles. The zero-order chi connectivity index (χ0) is 24.2. The van der Waals surface area contributed by atoms with Crippen molar-refractivity contribution in [3.63, 3.8) is 0 Å². The minimum Gasteiger partial charge on any atom is -0.494 e. The van der Waals surface area contributed by atoms with Crippen molar-refractivity contribution in [3.8, 4) is 5.75 Å². The van der Waals surface area contributed by atoms with Crippen LogP contribution in [0.4, 0.5) is 0 Å². The average Bonchev–Trinajstić information content (AvgIpc) is 3.22. The summed E-state index contributed by atoms with van der Waals surface area (Å²) in [5.74, 6) is -0.763. The summed E-state index contributed by atoms with van der Waals surface area (Å²) in [6.45, 7) is 6.68. The van der Waals surface area contributed by atoms with Gasteiger partial charge in [0.05, 0.1) is 18.4 Å². The lowest BCUT2D eigenvalue weighted by Crippen LogP contribution is -2.50. The highest BCUT2D eigenvalue weighted by molar-refractivity contribution is 7.89. The largest absolute Gasteiger partial charge is 0.494 e. The summed E-state index contributed by atoms with van der Waals surface area (Å²) < 4.78 is 31.0. The molecule has 1 unspecified atom stereocenters. The summed E-state index contributed by atoms with van der Waals surface area (Å²) in [4.78, 5) is 27.8. The maximum atomic E-state index is 13.2. The number of carbonyl (C=O) groups is 2. The minimum absolute atomic E-state index is 0.165. The molecule has 9 heteroatoms. The fourth-order valence-electron chi connectivity index (χ4n) is 3.76. The number of carbonyl (C=O) groups excluding carboxylic acids is 2. The van der Waals surface area contributed by atoms with Crippen molar-refractivity contribution in [3.05, 3.63) is 57.3 Å². The van der Waals surface area contributed by atoms with Crippen molar-refractivity contribution >= 4 is 38.7 Å². The highest BCUT2D eigenvalue weighted by atomic mass is 32.2. The molecule has 1 aliphatic rings. The Balaban J connectivity index is 1.99. The molecule has 0 saturated carbocycles. The molecule has 1 aromatic heterocycles. The Morgan fingerprint density at radius 2 is 1.88 bits per heavy atom. The third kappa shape index (κ3) is 6.03. The molecule has 2 aromatic rings. The number of thiophene rings is 1. The second kappa shape index (κ2) is 10.1. The van der Waals surface area contributed by atoms with E-state index in [9.17, 15) is 18.0 Å². The number of unbranched alkanes of at least 4 members (excludes halogenated alkanes) is 1. The van der Waals surface area contributed by atoms with E-state index in [0.717, 1.165) is 46.6 Å². The molecule has 1 aliphatic heterocycles. The Morgan fingerprint density at radius 3 is 2.45 bits per heavy atom. The molecule has 7 nitrogen and oxygen atoms in total. The molecule has 33 heavy (non-hydrogen) atoms. The lowest BCUT2D eigenvalue weighted by atomic mass is 9.80. The van der Waals surface area contributed by atoms with Gasteiger partial charge in [-0.3, -0.25) is 9.59 Å². The van der Waals surface area contributed by atoms with Gasteiger partial charge in [-0.25, -0.2) is 13.1 Å². The number of hydrogen-bond donors (Lipinski definition) is 2. The molecule has 0 aliphatic carbocycles. The number of nitrogens with one attached hydrogen (secondary N) is 2. The van der Waals surface area contributed by atoms with Gasteiger partial charge in [-0.05, 0) is 55.2 Å². The van der Waals surface area contributed by atoms with Crippen LogP contribution in [0.5, 0.6) is 5.75 Å². The van der Waals surface area contributed by atoms with Crippen molar-refractivity contribution in [2.45, 2.75) is 52.0 Å². The molecule has 0 radical (unpaired) electrons. The predicted octanol–water partition coefficient (Wildman–Crippen LogP) is 3.75. The SMILES string of the molecule is CCCCOc1ccc(C2(C)CC(c3ccc(CC)s3)=C(C(=O)NS(C)(=O)=O)C(=O)N2)cc1. The Labute approximate surface area is 199 Å². The summed E-state index contributed by atoms with van der Waals surface area (Å²) in [6.07, 6.45) is 4.08. The maximum Gasteiger partial charge on any atom is 0.270 e. The molecule has 0 saturated heterocycles. The van der Waals surface area contributed by atoms with Gasteiger partial charge in [0.1, 0.15) is 11.3 Å². The zero-order valence-electron chi connectivity index (χ0n) is 19.4. The van der Waals surface area contributed by atoms with Gasteiger partial charge in [-0.15, -0.1) is 11.3 Å². The van der Waals surface area contributed by atoms with Crippen molar-refractivity contribution in [1.82, 2.24) is 10.0 Å². The van der Waals surface area contributed by atoms with Gasteiger partial charge in [-0.2, -0.15) is 0 Å². The van der Waals surface area contributed by atoms with Crippen molar-refractivity contribution < 1.29 is 22.7 Å². The predicted molar refractivity (Wildman–Crippen MR) is 131 cm³/mol. The molecule has 178 valence electrons. The van der Waals surface area contributed by atoms with E-state index in [1.54, 1.807) is 0 Å². The first-order valence-electron chi connectivity index (χ1n) is 11.0. The van der Waals surface area contributed by atoms with Crippen LogP contribution in [0.15, 0.2) is 42.0 Å². The molecule has 2 amide bonds. The molecule has 3 rings (SSSR count). The monoisotopic (exact) mass is 490 g/mol. The normalized spacial score (nSPS) is 18.7. The Bertz CT molecular complexity index is 1170. The Kier molecular flexibility index (Phi) is 7.64. The minimum atomic E-state index is -3.82. The molecule has 1 aromatic carbocycles. The molecule has 0 spiro atoms. The first-order chi connectivity index (χ1) is 15.6. The summed E-state index contributed by atoms with van der Waals surface area (Å²) in [6, 6.07) is 11.4. The first kappa shape index (κ1) is 25.0. The van der Waals surface area contributed by atoms with E-state index >= 15 is 0 Å². The summed E-state index contributed by atoms with van der Waals surface area (Å²) >= 11 is 1.50. The number of hydrogen-bond acceptors (Lipinski definition) is 6. The highest BCUT2D eigenvalue weighted by Crippen LogP contribution is 2.41. The van der Waals surface area contributed by atoms with E-state index in [4.69, 9.17) is 4.74 Å². The number of aryl methyl sites for hydroxylation is 1. The Morgan fingerprint density at radius 1 is 1.18 bits per heavy atom. The van der Waals surface area contributed by atoms with Crippen molar-refractivity contribution in [1.29, 1.82) is 0 Å². The first-order valence-corrected chi connectivity index (χ1v) is 13.7. The third-order valence-electron chi connectivity index (χ3n) is 5.52. The second-order valence-corrected chi connectivity index (χ2v) is 11.3. The number of benzene rings is 1. The molecule has 0 bridgehead atoms. The quantitative estimate of drug-likeness (QED) is 0.412. The van der Waals surface area contributed by atoms with Gasteiger partial charge >= 0.3 is 0 Å². The lowest BCUT2D eigenvalue weighted by Gasteiger charge is -2.37. The number of amides is 2. The summed E-state index contributed by atoms with van der Waals surface area (Å²) in [5, 5.41) is 2.93. The van der Waals surface area contributed by atoms with Crippen molar-refractivity contribution in [2.24, 2.45) is 0 Å². The number of ether oxygens (including phenoxy) is 1. The van der Waals surface area contributed by atoms with Gasteiger partial charge in [0.2, 0.25) is 10.0 Å². The van der Waals surface area contributed by atoms with Gasteiger partial charge in [0.15, 0.2) is 0 Å². The molecular formula is C24H30N2O5S2. The highest BCUT2D eigenvalue weighted by Gasteiger charge is 2.40. The van der Waals surface area contributed by atoms with Crippen LogP contribution in [0.25, 0.3) is 5.57 Å². The van der Waals surface area contributed by atoms with Gasteiger partial charge in [0, 0.05) is 16.2 Å². The van der Waals surface area contributed by atoms with Crippen LogP contribution in [0.3, 0.4) is 0 Å². The number of rotatable bonds is 9. The van der Waals surface area contributed by atoms with Crippen LogP contribution in [-0.2, 0) is 31.6 Å². The zero-order valence-corrected chi connectivity index (χ0v) is 21.0. The smallest absolute Gasteiger partial charge is 0.270 e. The van der Waals surface area contributed by atoms with Crippen molar-refractivity contribution in [2.75, 3.05) is 12.9 Å². The maximum absolute atomic E-state index is 13.2. The van der Waals surface area contributed by atoms with E-state index < -0.39 is 27.4 Å². The van der Waals surface area contributed by atoms with Crippen LogP contribution in [-0.4, -0.2) is 33.1 Å². The fraction of sp³-hybridized carbons (Fsp3) is 0.417. The van der Waals surface area contributed by atoms with Gasteiger partial charge in [0.25, 0.3) is 11.8 Å². The van der Waals surface area contributed by atoms with Gasteiger partial charge < -0.3 is 10.1 Å². The van der Waals surface area contributed by atoms with Gasteiger partial charge in [-0.1, -0.05) is 32.4 Å². The lowest BCUT2D eigenvalue weighted by molar-refractivity contribution is -0.124. The summed E-state index contributed by atoms with van der Waals surface area (Å²) in [5.41, 5.74) is 0.461. The van der Waals surface area contributed by atoms with E-state index in [1.165, 1.54) is 11.3 Å². The standard InChI is InChI=1S/C24H30N2O5S2/c1-5-7-14-31-17-10-8-16(9-11-17)24(3)15-19(20-13-12-18(6-2)32-20)21(22(27)25-24)23(28)26-33(4,29)30/h8-13H,5-7,14-15H2,1-4H3,(H,25,27)(H,26,28). The molecular weight excluding hydrogens is 460 g/mol. The van der Waals surface area contributed by atoms with Crippen LogP contribution < -0.4 is 14.8 Å². The fourth-order valence-corrected chi connectivity index (χ4v) is 5.20. The number of sulfonamides is 1. The van der Waals surface area contributed by atoms with Crippen LogP contribution >= 0.6 is 11.3 Å². The third-order valence-corrected chi connectivity index (χ3v) is 7.36. The van der Waals surface area contributed by atoms with E-state index in [1.807, 2.05) is 55.0 Å². The topological polar surface area (TPSA) is 102 Å². The Hall–Kier alpha value is -2.65. The summed E-state index contributed by atoms with van der Waals surface area (Å²) in [7, 11) is -3.82. The van der Waals surface area contributed by atoms with Crippen LogP contribution in [0, 0.1) is 0 Å². The van der Waals surface area contributed by atoms with Crippen LogP contribution in [0.1, 0.15) is 55.4 Å². The van der Waals surface area contributed by atoms with E-state index in [2.05, 4.69) is 12.2 Å². The molecule has 0 fully saturated rings. The average molecular weight is 491 g/mol. The van der Waals surface area contributed by atoms with E-state index in [-0.39, 0.29) is 5.57 Å².